The molecule has 7 nitrogen and oxygen atoms in total. The molecular formula is C21H16BrN3O4S. The lowest BCUT2D eigenvalue weighted by molar-refractivity contribution is -0.124. The van der Waals surface area contributed by atoms with Crippen molar-refractivity contribution in [1.29, 1.82) is 0 Å². The van der Waals surface area contributed by atoms with Gasteiger partial charge in [-0.2, -0.15) is 0 Å². The van der Waals surface area contributed by atoms with Crippen LogP contribution in [0.4, 0.5) is 5.13 Å². The summed E-state index contributed by atoms with van der Waals surface area (Å²) in [6.07, 6.45) is 0.689. The summed E-state index contributed by atoms with van der Waals surface area (Å²) in [7, 11) is 0. The summed E-state index contributed by atoms with van der Waals surface area (Å²) in [6.45, 7) is 1.77. The number of fused-ring (bicyclic) bond motifs is 1. The molecule has 0 saturated carbocycles. The van der Waals surface area contributed by atoms with Crippen LogP contribution in [0.3, 0.4) is 0 Å². The highest BCUT2D eigenvalue weighted by molar-refractivity contribution is 9.10. The fraction of sp³-hybridized carbons (Fsp3) is 0.143. The molecule has 0 bridgehead atoms. The number of carbonyl (C=O) groups excluding carboxylic acids is 2. The summed E-state index contributed by atoms with van der Waals surface area (Å²) >= 11 is 4.71. The van der Waals surface area contributed by atoms with Crippen molar-refractivity contribution in [2.24, 2.45) is 0 Å². The van der Waals surface area contributed by atoms with Crippen molar-refractivity contribution < 1.29 is 18.7 Å². The Kier molecular flexibility index (Phi) is 5.91. The Hall–Kier alpha value is -3.04. The molecule has 2 aromatic heterocycles. The Balaban J connectivity index is 1.42. The van der Waals surface area contributed by atoms with Gasteiger partial charge in [-0.1, -0.05) is 35.0 Å². The molecule has 1 amide bonds. The van der Waals surface area contributed by atoms with Gasteiger partial charge in [-0.3, -0.25) is 10.1 Å². The topological polar surface area (TPSA) is 94.3 Å². The second kappa shape index (κ2) is 8.76. The fourth-order valence-corrected chi connectivity index (χ4v) is 3.76. The normalized spacial score (nSPS) is 11.9. The number of thiazole rings is 1. The monoisotopic (exact) mass is 485 g/mol. The lowest BCUT2D eigenvalue weighted by Gasteiger charge is -2.15. The van der Waals surface area contributed by atoms with E-state index in [9.17, 15) is 9.59 Å². The van der Waals surface area contributed by atoms with Crippen LogP contribution in [0, 0.1) is 0 Å². The minimum atomic E-state index is -0.942. The number of oxazole rings is 1. The van der Waals surface area contributed by atoms with Crippen molar-refractivity contribution in [3.63, 3.8) is 0 Å². The Morgan fingerprint density at radius 2 is 2.03 bits per heavy atom. The van der Waals surface area contributed by atoms with Crippen molar-refractivity contribution in [3.05, 3.63) is 64.3 Å². The average molecular weight is 486 g/mol. The summed E-state index contributed by atoms with van der Waals surface area (Å²) in [5.74, 6) is -1.03. The zero-order valence-electron chi connectivity index (χ0n) is 15.8. The molecule has 9 heteroatoms. The number of ether oxygens (including phenoxy) is 1. The molecule has 30 heavy (non-hydrogen) atoms. The summed E-state index contributed by atoms with van der Waals surface area (Å²) in [6, 6.07) is 12.5. The van der Waals surface area contributed by atoms with E-state index in [0.717, 1.165) is 15.7 Å². The fourth-order valence-electron chi connectivity index (χ4n) is 2.77. The zero-order valence-corrected chi connectivity index (χ0v) is 18.2. The van der Waals surface area contributed by atoms with E-state index in [1.807, 2.05) is 29.6 Å². The lowest BCUT2D eigenvalue weighted by Crippen LogP contribution is -2.32. The summed E-state index contributed by atoms with van der Waals surface area (Å²) in [5, 5.41) is 5.03. The number of nitrogens with one attached hydrogen (secondary N) is 1. The number of halogens is 1. The Morgan fingerprint density at radius 1 is 1.23 bits per heavy atom. The molecule has 2 aromatic carbocycles. The Labute approximate surface area is 184 Å². The van der Waals surface area contributed by atoms with E-state index < -0.39 is 18.0 Å². The molecule has 0 fully saturated rings. The van der Waals surface area contributed by atoms with Gasteiger partial charge < -0.3 is 9.15 Å². The number of nitrogens with zero attached hydrogens (tertiary/aromatic N) is 2. The first-order valence-corrected chi connectivity index (χ1v) is 10.8. The molecule has 0 spiro atoms. The maximum atomic E-state index is 12.6. The molecule has 4 rings (SSSR count). The Bertz CT molecular complexity index is 1200. The van der Waals surface area contributed by atoms with Crippen molar-refractivity contribution in [2.45, 2.75) is 19.4 Å². The first-order valence-electron chi connectivity index (χ1n) is 9.10. The van der Waals surface area contributed by atoms with Crippen LogP contribution in [0.15, 0.2) is 63.1 Å². The van der Waals surface area contributed by atoms with Crippen LogP contribution in [-0.4, -0.2) is 27.9 Å². The number of hydrogen-bond donors (Lipinski definition) is 1. The molecule has 1 unspecified atom stereocenters. The van der Waals surface area contributed by atoms with Crippen molar-refractivity contribution in [2.75, 3.05) is 5.32 Å². The molecule has 0 aliphatic carbocycles. The van der Waals surface area contributed by atoms with Gasteiger partial charge in [-0.05, 0) is 36.8 Å². The number of amides is 1. The average Bonchev–Trinajstić information content (AvgIpc) is 3.41. The van der Waals surface area contributed by atoms with E-state index in [-0.39, 0.29) is 5.56 Å². The predicted molar refractivity (Wildman–Crippen MR) is 117 cm³/mol. The number of benzene rings is 2. The molecule has 152 valence electrons. The molecule has 4 aromatic rings. The SMILES string of the molecule is CCC(OC(=O)c1ccc2ncoc2c1)C(=O)Nc1nc(-c2ccc(Br)cc2)cs1. The van der Waals surface area contributed by atoms with Gasteiger partial charge in [0.15, 0.2) is 23.2 Å². The van der Waals surface area contributed by atoms with E-state index in [1.54, 1.807) is 25.1 Å². The van der Waals surface area contributed by atoms with Crippen LogP contribution in [0.25, 0.3) is 22.4 Å². The zero-order chi connectivity index (χ0) is 21.1. The third-order valence-electron chi connectivity index (χ3n) is 4.35. The van der Waals surface area contributed by atoms with E-state index in [0.29, 0.717) is 22.7 Å². The van der Waals surface area contributed by atoms with Crippen LogP contribution in [-0.2, 0) is 9.53 Å². The van der Waals surface area contributed by atoms with Crippen molar-refractivity contribution in [1.82, 2.24) is 9.97 Å². The largest absolute Gasteiger partial charge is 0.449 e. The second-order valence-corrected chi connectivity index (χ2v) is 8.14. The van der Waals surface area contributed by atoms with Crippen LogP contribution < -0.4 is 5.32 Å². The highest BCUT2D eigenvalue weighted by Crippen LogP contribution is 2.26. The van der Waals surface area contributed by atoms with E-state index in [1.165, 1.54) is 17.7 Å². The lowest BCUT2D eigenvalue weighted by atomic mass is 10.2. The standard InChI is InChI=1S/C21H16BrN3O4S/c1-2-17(29-20(27)13-5-8-15-18(9-13)28-11-23-15)19(26)25-21-24-16(10-30-21)12-3-6-14(22)7-4-12/h3-11,17H,2H2,1H3,(H,24,25,26). The van der Waals surface area contributed by atoms with Crippen LogP contribution in [0.5, 0.6) is 0 Å². The minimum Gasteiger partial charge on any atom is -0.449 e. The molecule has 0 radical (unpaired) electrons. The molecular weight excluding hydrogens is 470 g/mol. The van der Waals surface area contributed by atoms with Gasteiger partial charge in [-0.15, -0.1) is 11.3 Å². The van der Waals surface area contributed by atoms with E-state index >= 15 is 0 Å². The third kappa shape index (κ3) is 4.42. The van der Waals surface area contributed by atoms with Gasteiger partial charge in [0.1, 0.15) is 5.52 Å². The number of aromatic nitrogens is 2. The highest BCUT2D eigenvalue weighted by Gasteiger charge is 2.23. The van der Waals surface area contributed by atoms with E-state index in [2.05, 4.69) is 31.2 Å². The Morgan fingerprint density at radius 3 is 2.80 bits per heavy atom. The van der Waals surface area contributed by atoms with Gasteiger partial charge >= 0.3 is 5.97 Å². The molecule has 0 saturated heterocycles. The number of carbonyl (C=O) groups is 2. The van der Waals surface area contributed by atoms with Crippen molar-refractivity contribution >= 4 is 55.4 Å². The first-order chi connectivity index (χ1) is 14.5. The molecule has 2 heterocycles. The molecule has 1 atom stereocenters. The van der Waals surface area contributed by atoms with Crippen LogP contribution in [0.2, 0.25) is 0 Å². The summed E-state index contributed by atoms with van der Waals surface area (Å²) in [5.41, 5.74) is 3.11. The minimum absolute atomic E-state index is 0.289. The van der Waals surface area contributed by atoms with E-state index in [4.69, 9.17) is 9.15 Å². The van der Waals surface area contributed by atoms with Gasteiger partial charge in [0, 0.05) is 15.4 Å². The summed E-state index contributed by atoms with van der Waals surface area (Å²) in [4.78, 5) is 33.5. The number of rotatable bonds is 6. The first kappa shape index (κ1) is 20.2. The van der Waals surface area contributed by atoms with Crippen LogP contribution in [0.1, 0.15) is 23.7 Å². The maximum Gasteiger partial charge on any atom is 0.339 e. The second-order valence-electron chi connectivity index (χ2n) is 6.37. The number of esters is 1. The number of anilines is 1. The third-order valence-corrected chi connectivity index (χ3v) is 5.64. The van der Waals surface area contributed by atoms with Gasteiger partial charge in [0.25, 0.3) is 5.91 Å². The van der Waals surface area contributed by atoms with Crippen LogP contribution >= 0.6 is 27.3 Å². The highest BCUT2D eigenvalue weighted by atomic mass is 79.9. The quantitative estimate of drug-likeness (QED) is 0.373. The number of hydrogen-bond acceptors (Lipinski definition) is 7. The maximum absolute atomic E-state index is 12.6. The summed E-state index contributed by atoms with van der Waals surface area (Å²) < 4.78 is 11.6. The molecule has 1 N–H and O–H groups in total. The smallest absolute Gasteiger partial charge is 0.339 e. The molecule has 0 aliphatic rings. The predicted octanol–water partition coefficient (Wildman–Crippen LogP) is 5.29. The van der Waals surface area contributed by atoms with Gasteiger partial charge in [-0.25, -0.2) is 14.8 Å². The van der Waals surface area contributed by atoms with Gasteiger partial charge in [0.2, 0.25) is 0 Å². The molecule has 0 aliphatic heterocycles. The van der Waals surface area contributed by atoms with Crippen molar-refractivity contribution in [3.8, 4) is 11.3 Å². The van der Waals surface area contributed by atoms with Gasteiger partial charge in [0.05, 0.1) is 11.3 Å².